The van der Waals surface area contributed by atoms with E-state index < -0.39 is 11.7 Å². The van der Waals surface area contributed by atoms with E-state index in [0.717, 1.165) is 49.3 Å². The van der Waals surface area contributed by atoms with Gasteiger partial charge in [-0.1, -0.05) is 11.6 Å². The molecule has 1 aromatic carbocycles. The molecular weight excluding hydrogens is 420 g/mol. The number of benzene rings is 1. The first-order valence-electron chi connectivity index (χ1n) is 10.4. The molecule has 32 heavy (non-hydrogen) atoms. The molecule has 7 heteroatoms. The molecule has 0 aliphatic carbocycles. The summed E-state index contributed by atoms with van der Waals surface area (Å²) in [5.41, 5.74) is 5.15. The van der Waals surface area contributed by atoms with Crippen LogP contribution < -0.4 is 0 Å². The van der Waals surface area contributed by atoms with Crippen molar-refractivity contribution in [2.24, 2.45) is 7.05 Å². The van der Waals surface area contributed by atoms with Crippen LogP contribution in [0.3, 0.4) is 0 Å². The number of carbonyl (C=O) groups is 1. The number of pyridine rings is 1. The second-order valence-electron chi connectivity index (χ2n) is 8.98. The van der Waals surface area contributed by atoms with Crippen molar-refractivity contribution >= 4 is 39.4 Å². The molecule has 6 nitrogen and oxygen atoms in total. The highest BCUT2D eigenvalue weighted by Crippen LogP contribution is 2.37. The molecule has 0 saturated carbocycles. The molecule has 0 bridgehead atoms. The lowest BCUT2D eigenvalue weighted by Crippen LogP contribution is -2.26. The molecule has 0 atom stereocenters. The average Bonchev–Trinajstić information content (AvgIpc) is 3.42. The number of hydrogen-bond acceptors (Lipinski definition) is 5. The lowest BCUT2D eigenvalue weighted by Gasteiger charge is -2.19. The second kappa shape index (κ2) is 7.31. The van der Waals surface area contributed by atoms with Crippen molar-refractivity contribution in [3.05, 3.63) is 59.9 Å². The SMILES string of the molecule is Cc1ccc2c(c1)c(-c1nc(-c3cn(C)c4ncccc34)cs1)cn2C(=O)OC(C)(C)C. The maximum atomic E-state index is 12.9. The quantitative estimate of drug-likeness (QED) is 0.316. The Balaban J connectivity index is 1.64. The Labute approximate surface area is 190 Å². The van der Waals surface area contributed by atoms with Crippen molar-refractivity contribution in [2.75, 3.05) is 0 Å². The maximum absolute atomic E-state index is 12.9. The van der Waals surface area contributed by atoms with E-state index in [0.29, 0.717) is 0 Å². The summed E-state index contributed by atoms with van der Waals surface area (Å²) in [6, 6.07) is 10.1. The highest BCUT2D eigenvalue weighted by atomic mass is 32.1. The van der Waals surface area contributed by atoms with Gasteiger partial charge in [0.1, 0.15) is 16.3 Å². The van der Waals surface area contributed by atoms with Gasteiger partial charge in [0.05, 0.1) is 11.2 Å². The number of thiazole rings is 1. The van der Waals surface area contributed by atoms with Gasteiger partial charge in [-0.05, 0) is 52.0 Å². The Morgan fingerprint density at radius 1 is 1.09 bits per heavy atom. The fourth-order valence-corrected chi connectivity index (χ4v) is 4.76. The van der Waals surface area contributed by atoms with Crippen LogP contribution in [-0.2, 0) is 11.8 Å². The van der Waals surface area contributed by atoms with E-state index >= 15 is 0 Å². The van der Waals surface area contributed by atoms with Gasteiger partial charge in [-0.2, -0.15) is 0 Å². The summed E-state index contributed by atoms with van der Waals surface area (Å²) in [5, 5.41) is 4.97. The van der Waals surface area contributed by atoms with E-state index in [1.54, 1.807) is 22.1 Å². The van der Waals surface area contributed by atoms with Gasteiger partial charge in [-0.15, -0.1) is 11.3 Å². The molecule has 0 radical (unpaired) electrons. The first-order valence-corrected chi connectivity index (χ1v) is 11.3. The van der Waals surface area contributed by atoms with E-state index in [-0.39, 0.29) is 0 Å². The molecular formula is C25H24N4O2S. The van der Waals surface area contributed by atoms with Crippen molar-refractivity contribution in [1.29, 1.82) is 0 Å². The smallest absolute Gasteiger partial charge is 0.419 e. The fourth-order valence-electron chi connectivity index (χ4n) is 3.91. The van der Waals surface area contributed by atoms with E-state index in [1.165, 1.54) is 0 Å². The number of aromatic nitrogens is 4. The van der Waals surface area contributed by atoms with Crippen molar-refractivity contribution in [3.8, 4) is 21.8 Å². The van der Waals surface area contributed by atoms with Gasteiger partial charge in [0.25, 0.3) is 0 Å². The van der Waals surface area contributed by atoms with E-state index in [9.17, 15) is 4.79 Å². The maximum Gasteiger partial charge on any atom is 0.419 e. The number of aryl methyl sites for hydroxylation is 2. The Morgan fingerprint density at radius 3 is 2.69 bits per heavy atom. The molecule has 4 heterocycles. The predicted molar refractivity (Wildman–Crippen MR) is 129 cm³/mol. The molecule has 0 N–H and O–H groups in total. The molecule has 0 fully saturated rings. The van der Waals surface area contributed by atoms with Crippen LogP contribution in [0.25, 0.3) is 43.8 Å². The van der Waals surface area contributed by atoms with E-state index in [1.807, 2.05) is 63.7 Å². The number of fused-ring (bicyclic) bond motifs is 2. The molecule has 0 saturated heterocycles. The van der Waals surface area contributed by atoms with Crippen molar-refractivity contribution in [3.63, 3.8) is 0 Å². The summed E-state index contributed by atoms with van der Waals surface area (Å²) in [6.45, 7) is 7.65. The van der Waals surface area contributed by atoms with Gasteiger partial charge in [0, 0.05) is 52.9 Å². The first-order chi connectivity index (χ1) is 15.2. The number of nitrogens with zero attached hydrogens (tertiary/aromatic N) is 4. The van der Waals surface area contributed by atoms with Gasteiger partial charge in [0.2, 0.25) is 0 Å². The lowest BCUT2D eigenvalue weighted by molar-refractivity contribution is 0.0544. The fraction of sp³-hybridized carbons (Fsp3) is 0.240. The molecule has 162 valence electrons. The van der Waals surface area contributed by atoms with Crippen LogP contribution in [0.1, 0.15) is 26.3 Å². The third-order valence-electron chi connectivity index (χ3n) is 5.29. The van der Waals surface area contributed by atoms with E-state index in [2.05, 4.69) is 28.7 Å². The zero-order valence-corrected chi connectivity index (χ0v) is 19.5. The van der Waals surface area contributed by atoms with Crippen LogP contribution in [0.5, 0.6) is 0 Å². The third kappa shape index (κ3) is 3.48. The predicted octanol–water partition coefficient (Wildman–Crippen LogP) is 6.41. The highest BCUT2D eigenvalue weighted by molar-refractivity contribution is 7.13. The van der Waals surface area contributed by atoms with Crippen LogP contribution >= 0.6 is 11.3 Å². The summed E-state index contributed by atoms with van der Waals surface area (Å²) in [7, 11) is 1.99. The third-order valence-corrected chi connectivity index (χ3v) is 6.17. The van der Waals surface area contributed by atoms with Crippen LogP contribution in [0.15, 0.2) is 54.3 Å². The Morgan fingerprint density at radius 2 is 1.91 bits per heavy atom. The van der Waals surface area contributed by atoms with Crippen LogP contribution in [-0.4, -0.2) is 30.8 Å². The van der Waals surface area contributed by atoms with Crippen molar-refractivity contribution in [1.82, 2.24) is 19.1 Å². The van der Waals surface area contributed by atoms with Crippen LogP contribution in [0.4, 0.5) is 4.79 Å². The largest absolute Gasteiger partial charge is 0.443 e. The molecule has 5 rings (SSSR count). The minimum Gasteiger partial charge on any atom is -0.443 e. The minimum atomic E-state index is -0.574. The van der Waals surface area contributed by atoms with E-state index in [4.69, 9.17) is 9.72 Å². The standard InChI is InChI=1S/C25H24N4O2S/c1-15-8-9-21-17(11-15)19(13-29(21)24(30)31-25(2,3)4)23-27-20(14-32-23)18-12-28(5)22-16(18)7-6-10-26-22/h6-14H,1-5H3. The summed E-state index contributed by atoms with van der Waals surface area (Å²) in [6.07, 6.45) is 5.30. The Bertz CT molecular complexity index is 1480. The summed E-state index contributed by atoms with van der Waals surface area (Å²) >= 11 is 1.57. The zero-order chi connectivity index (χ0) is 22.6. The topological polar surface area (TPSA) is 61.9 Å². The van der Waals surface area contributed by atoms with Gasteiger partial charge < -0.3 is 9.30 Å². The van der Waals surface area contributed by atoms with Gasteiger partial charge in [0.15, 0.2) is 0 Å². The average molecular weight is 445 g/mol. The first kappa shape index (κ1) is 20.5. The number of rotatable bonds is 2. The summed E-state index contributed by atoms with van der Waals surface area (Å²) in [4.78, 5) is 22.3. The summed E-state index contributed by atoms with van der Waals surface area (Å²) in [5.74, 6) is 0. The number of hydrogen-bond donors (Lipinski definition) is 0. The Kier molecular flexibility index (Phi) is 4.67. The monoisotopic (exact) mass is 444 g/mol. The zero-order valence-electron chi connectivity index (χ0n) is 18.7. The normalized spacial score (nSPS) is 12.0. The molecule has 4 aromatic heterocycles. The summed E-state index contributed by atoms with van der Waals surface area (Å²) < 4.78 is 9.23. The van der Waals surface area contributed by atoms with Gasteiger partial charge in [-0.25, -0.2) is 14.8 Å². The molecule has 5 aromatic rings. The highest BCUT2D eigenvalue weighted by Gasteiger charge is 2.23. The molecule has 0 aliphatic rings. The van der Waals surface area contributed by atoms with Crippen LogP contribution in [0.2, 0.25) is 0 Å². The molecule has 0 aliphatic heterocycles. The molecule has 0 amide bonds. The Hall–Kier alpha value is -3.45. The van der Waals surface area contributed by atoms with Crippen molar-refractivity contribution in [2.45, 2.75) is 33.3 Å². The van der Waals surface area contributed by atoms with Gasteiger partial charge >= 0.3 is 6.09 Å². The number of ether oxygens (including phenoxy) is 1. The van der Waals surface area contributed by atoms with Gasteiger partial charge in [-0.3, -0.25) is 4.57 Å². The molecule has 0 unspecified atom stereocenters. The minimum absolute atomic E-state index is 0.394. The lowest BCUT2D eigenvalue weighted by atomic mass is 10.1. The molecule has 0 spiro atoms. The van der Waals surface area contributed by atoms with Crippen LogP contribution in [0, 0.1) is 6.92 Å². The second-order valence-corrected chi connectivity index (χ2v) is 9.84. The number of carbonyl (C=O) groups excluding carboxylic acids is 1. The van der Waals surface area contributed by atoms with Crippen molar-refractivity contribution < 1.29 is 9.53 Å².